The number of hydrogen-bond donors (Lipinski definition) is 0. The molecule has 4 aliphatic rings. The second kappa shape index (κ2) is 7.16. The zero-order chi connectivity index (χ0) is 18.2. The summed E-state index contributed by atoms with van der Waals surface area (Å²) in [4.78, 5) is 23.0. The summed E-state index contributed by atoms with van der Waals surface area (Å²) in [5, 5.41) is 0. The number of hydrogen-bond acceptors (Lipinski definition) is 2. The first-order valence-corrected chi connectivity index (χ1v) is 10.9. The third-order valence-corrected chi connectivity index (χ3v) is 9.06. The smallest absolute Gasteiger partial charge is 0.133 e. The summed E-state index contributed by atoms with van der Waals surface area (Å²) in [6.07, 6.45) is 12.6. The summed E-state index contributed by atoms with van der Waals surface area (Å²) in [6, 6.07) is 0. The fourth-order valence-electron chi connectivity index (χ4n) is 7.66. The first kappa shape index (κ1) is 19.1. The van der Waals surface area contributed by atoms with Crippen molar-refractivity contribution < 1.29 is 9.59 Å². The highest BCUT2D eigenvalue weighted by molar-refractivity contribution is 5.79. The number of Topliss-reactive ketones (excluding diaryl/α,β-unsaturated/α-hetero) is 1. The fraction of sp³-hybridized carbons (Fsp3) is 0.913. The van der Waals surface area contributed by atoms with E-state index in [4.69, 9.17) is 0 Å². The number of carbonyl (C=O) groups excluding carboxylic acids is 2. The molecule has 0 aromatic carbocycles. The van der Waals surface area contributed by atoms with E-state index >= 15 is 0 Å². The van der Waals surface area contributed by atoms with Gasteiger partial charge in [0.25, 0.3) is 0 Å². The molecule has 0 N–H and O–H groups in total. The van der Waals surface area contributed by atoms with E-state index in [1.807, 2.05) is 13.8 Å². The van der Waals surface area contributed by atoms with Crippen molar-refractivity contribution in [2.24, 2.45) is 40.4 Å². The molecule has 0 spiro atoms. The Kier molecular flexibility index (Phi) is 5.47. The van der Waals surface area contributed by atoms with Crippen molar-refractivity contribution in [3.63, 3.8) is 0 Å². The molecule has 0 saturated heterocycles. The van der Waals surface area contributed by atoms with E-state index in [9.17, 15) is 9.59 Å². The highest BCUT2D eigenvalue weighted by atomic mass is 16.1. The van der Waals surface area contributed by atoms with Crippen molar-refractivity contribution >= 4 is 12.1 Å². The molecule has 0 amide bonds. The summed E-state index contributed by atoms with van der Waals surface area (Å²) in [6.45, 7) is 9.01. The lowest BCUT2D eigenvalue weighted by atomic mass is 9.45. The molecule has 4 fully saturated rings. The predicted molar refractivity (Wildman–Crippen MR) is 102 cm³/mol. The fourth-order valence-corrected chi connectivity index (χ4v) is 7.66. The number of ketones is 1. The van der Waals surface area contributed by atoms with Crippen LogP contribution in [0.3, 0.4) is 0 Å². The van der Waals surface area contributed by atoms with Gasteiger partial charge in [-0.15, -0.1) is 0 Å². The molecular weight excluding hydrogens is 308 g/mol. The maximum Gasteiger partial charge on any atom is 0.133 e. The van der Waals surface area contributed by atoms with E-state index in [2.05, 4.69) is 13.8 Å². The first-order valence-electron chi connectivity index (χ1n) is 10.9. The molecule has 0 heterocycles. The van der Waals surface area contributed by atoms with Crippen molar-refractivity contribution in [3.8, 4) is 0 Å². The predicted octanol–water partition coefficient (Wildman–Crippen LogP) is 5.83. The van der Waals surface area contributed by atoms with Crippen LogP contribution in [0.1, 0.15) is 91.9 Å². The quantitative estimate of drug-likeness (QED) is 0.589. The van der Waals surface area contributed by atoms with Crippen molar-refractivity contribution in [2.75, 3.05) is 0 Å². The zero-order valence-corrected chi connectivity index (χ0v) is 16.9. The number of carbonyl (C=O) groups is 2. The Labute approximate surface area is 154 Å². The largest absolute Gasteiger partial charge is 0.303 e. The Hall–Kier alpha value is -0.660. The monoisotopic (exact) mass is 346 g/mol. The summed E-state index contributed by atoms with van der Waals surface area (Å²) in [5.41, 5.74) is 0.830. The molecule has 0 aromatic heterocycles. The molecule has 4 aliphatic carbocycles. The average Bonchev–Trinajstić information content (AvgIpc) is 2.94. The standard InChI is InChI=1S/C21H32O2.C2H6/c1-20-11-8-19-17(18(20)6-4-14(20)9-12-22)5-3-15-13-16(23)7-10-21(15,19)2;1-2/h12,14-15,17-19H,3-11,13H2,1-2H3;1-2H3. The SMILES string of the molecule is CC.CC12CCC3C(CCC4CC(=O)CCC43C)C1CCC2CC=O. The summed E-state index contributed by atoms with van der Waals surface area (Å²) in [7, 11) is 0. The Balaban J connectivity index is 0.000000880. The van der Waals surface area contributed by atoms with Crippen LogP contribution in [0, 0.1) is 40.4 Å². The van der Waals surface area contributed by atoms with Gasteiger partial charge in [0.1, 0.15) is 12.1 Å². The second-order valence-electron chi connectivity index (χ2n) is 9.62. The van der Waals surface area contributed by atoms with Crippen molar-refractivity contribution in [1.82, 2.24) is 0 Å². The summed E-state index contributed by atoms with van der Waals surface area (Å²) >= 11 is 0. The van der Waals surface area contributed by atoms with Gasteiger partial charge in [0, 0.05) is 19.3 Å². The van der Waals surface area contributed by atoms with Gasteiger partial charge in [-0.05, 0) is 85.4 Å². The summed E-state index contributed by atoms with van der Waals surface area (Å²) in [5.74, 6) is 4.33. The van der Waals surface area contributed by atoms with Crippen LogP contribution in [0.4, 0.5) is 0 Å². The number of rotatable bonds is 2. The lowest BCUT2D eigenvalue weighted by Crippen LogP contribution is -2.53. The molecule has 4 saturated carbocycles. The maximum atomic E-state index is 11.9. The third kappa shape index (κ3) is 2.92. The van der Waals surface area contributed by atoms with Crippen LogP contribution >= 0.6 is 0 Å². The molecule has 25 heavy (non-hydrogen) atoms. The molecule has 7 atom stereocenters. The lowest BCUT2D eigenvalue weighted by Gasteiger charge is -2.60. The van der Waals surface area contributed by atoms with Crippen LogP contribution in [-0.4, -0.2) is 12.1 Å². The molecule has 0 aliphatic heterocycles. The van der Waals surface area contributed by atoms with Gasteiger partial charge in [-0.25, -0.2) is 0 Å². The molecular formula is C23H38O2. The van der Waals surface area contributed by atoms with E-state index in [-0.39, 0.29) is 0 Å². The van der Waals surface area contributed by atoms with E-state index in [0.717, 1.165) is 49.7 Å². The molecule has 0 aromatic rings. The minimum absolute atomic E-state index is 0.412. The minimum Gasteiger partial charge on any atom is -0.303 e. The van der Waals surface area contributed by atoms with Crippen LogP contribution in [0.15, 0.2) is 0 Å². The van der Waals surface area contributed by atoms with Crippen molar-refractivity contribution in [2.45, 2.75) is 91.9 Å². The number of fused-ring (bicyclic) bond motifs is 5. The van der Waals surface area contributed by atoms with Crippen LogP contribution in [0.5, 0.6) is 0 Å². The summed E-state index contributed by atoms with van der Waals surface area (Å²) < 4.78 is 0. The molecule has 142 valence electrons. The third-order valence-electron chi connectivity index (χ3n) is 9.06. The molecule has 7 unspecified atom stereocenters. The first-order chi connectivity index (χ1) is 12.0. The van der Waals surface area contributed by atoms with Gasteiger partial charge in [-0.1, -0.05) is 27.7 Å². The van der Waals surface area contributed by atoms with Gasteiger partial charge in [-0.3, -0.25) is 4.79 Å². The van der Waals surface area contributed by atoms with Crippen LogP contribution in [-0.2, 0) is 9.59 Å². The van der Waals surface area contributed by atoms with Gasteiger partial charge >= 0.3 is 0 Å². The van der Waals surface area contributed by atoms with Crippen LogP contribution in [0.25, 0.3) is 0 Å². The topological polar surface area (TPSA) is 34.1 Å². The molecule has 0 radical (unpaired) electrons. The Morgan fingerprint density at radius 1 is 0.960 bits per heavy atom. The molecule has 4 rings (SSSR count). The Morgan fingerprint density at radius 2 is 1.68 bits per heavy atom. The van der Waals surface area contributed by atoms with Gasteiger partial charge in [-0.2, -0.15) is 0 Å². The molecule has 2 nitrogen and oxygen atoms in total. The highest BCUT2D eigenvalue weighted by Gasteiger charge is 2.59. The average molecular weight is 347 g/mol. The van der Waals surface area contributed by atoms with Gasteiger partial charge in [0.2, 0.25) is 0 Å². The van der Waals surface area contributed by atoms with E-state index < -0.39 is 0 Å². The van der Waals surface area contributed by atoms with Gasteiger partial charge < -0.3 is 4.79 Å². The number of aldehydes is 1. The van der Waals surface area contributed by atoms with Crippen molar-refractivity contribution in [3.05, 3.63) is 0 Å². The van der Waals surface area contributed by atoms with Gasteiger partial charge in [0.05, 0.1) is 0 Å². The van der Waals surface area contributed by atoms with Crippen LogP contribution in [0.2, 0.25) is 0 Å². The van der Waals surface area contributed by atoms with E-state index in [0.29, 0.717) is 28.4 Å². The normalized spacial score (nSPS) is 48.5. The highest BCUT2D eigenvalue weighted by Crippen LogP contribution is 2.67. The van der Waals surface area contributed by atoms with E-state index in [1.165, 1.54) is 38.5 Å². The minimum atomic E-state index is 0.412. The van der Waals surface area contributed by atoms with Crippen LogP contribution < -0.4 is 0 Å². The zero-order valence-electron chi connectivity index (χ0n) is 16.9. The van der Waals surface area contributed by atoms with Gasteiger partial charge in [0.15, 0.2) is 0 Å². The second-order valence-corrected chi connectivity index (χ2v) is 9.62. The lowest BCUT2D eigenvalue weighted by molar-refractivity contribution is -0.139. The molecule has 2 heteroatoms. The molecule has 0 bridgehead atoms. The van der Waals surface area contributed by atoms with Crippen molar-refractivity contribution in [1.29, 1.82) is 0 Å². The Morgan fingerprint density at radius 3 is 2.40 bits per heavy atom. The maximum absolute atomic E-state index is 11.9. The Bertz CT molecular complexity index is 512. The van der Waals surface area contributed by atoms with E-state index in [1.54, 1.807) is 0 Å².